The Morgan fingerprint density at radius 3 is 2.77 bits per heavy atom. The Labute approximate surface area is 185 Å². The molecule has 0 bridgehead atoms. The minimum atomic E-state index is 0.0768. The second-order valence-corrected chi connectivity index (χ2v) is 9.49. The summed E-state index contributed by atoms with van der Waals surface area (Å²) in [7, 11) is 4.32. The van der Waals surface area contributed by atoms with Gasteiger partial charge in [0.25, 0.3) is 0 Å². The zero-order valence-electron chi connectivity index (χ0n) is 19.0. The minimum Gasteiger partial charge on any atom is -0.381 e. The van der Waals surface area contributed by atoms with E-state index in [2.05, 4.69) is 65.9 Å². The molecule has 3 heterocycles. The van der Waals surface area contributed by atoms with Crippen molar-refractivity contribution in [2.75, 3.05) is 66.6 Å². The van der Waals surface area contributed by atoms with Crippen LogP contribution in [0.3, 0.4) is 0 Å². The van der Waals surface area contributed by atoms with Crippen molar-refractivity contribution in [2.45, 2.75) is 44.4 Å². The first-order valence-electron chi connectivity index (χ1n) is 11.2. The molecule has 0 radical (unpaired) electrons. The molecule has 30 heavy (non-hydrogen) atoms. The van der Waals surface area contributed by atoms with Gasteiger partial charge in [-0.1, -0.05) is 6.07 Å². The van der Waals surface area contributed by atoms with Gasteiger partial charge in [0.2, 0.25) is 0 Å². The lowest BCUT2D eigenvalue weighted by Gasteiger charge is -2.41. The van der Waals surface area contributed by atoms with Crippen LogP contribution in [0.5, 0.6) is 0 Å². The quantitative estimate of drug-likeness (QED) is 0.480. The molecule has 0 aliphatic carbocycles. The SMILES string of the molecule is CCNC(=NCC1(N(C)C)CCOCC1)NCC(c1cccs1)N1CCOC(C)C1. The fourth-order valence-corrected chi connectivity index (χ4v) is 5.14. The molecular weight excluding hydrogens is 398 g/mol. The maximum Gasteiger partial charge on any atom is 0.191 e. The third kappa shape index (κ3) is 6.17. The number of hydrogen-bond acceptors (Lipinski definition) is 6. The molecule has 1 aromatic heterocycles. The molecule has 2 N–H and O–H groups in total. The van der Waals surface area contributed by atoms with Crippen molar-refractivity contribution >= 4 is 17.3 Å². The molecule has 0 aromatic carbocycles. The van der Waals surface area contributed by atoms with Crippen LogP contribution in [0.15, 0.2) is 22.5 Å². The first-order chi connectivity index (χ1) is 14.5. The molecule has 2 fully saturated rings. The van der Waals surface area contributed by atoms with Gasteiger partial charge in [0.15, 0.2) is 5.96 Å². The Morgan fingerprint density at radius 2 is 2.13 bits per heavy atom. The highest BCUT2D eigenvalue weighted by molar-refractivity contribution is 7.10. The zero-order chi connectivity index (χ0) is 21.4. The number of rotatable bonds is 8. The second-order valence-electron chi connectivity index (χ2n) is 8.51. The van der Waals surface area contributed by atoms with Gasteiger partial charge in [-0.25, -0.2) is 0 Å². The Hall–Kier alpha value is -1.19. The van der Waals surface area contributed by atoms with Crippen molar-refractivity contribution in [2.24, 2.45) is 4.99 Å². The summed E-state index contributed by atoms with van der Waals surface area (Å²) in [4.78, 5) is 11.3. The molecule has 8 heteroatoms. The van der Waals surface area contributed by atoms with Gasteiger partial charge in [-0.05, 0) is 52.2 Å². The van der Waals surface area contributed by atoms with Crippen LogP contribution in [0.1, 0.15) is 37.6 Å². The third-order valence-electron chi connectivity index (χ3n) is 6.30. The monoisotopic (exact) mass is 437 g/mol. The predicted octanol–water partition coefficient (Wildman–Crippen LogP) is 2.18. The number of guanidine groups is 1. The van der Waals surface area contributed by atoms with Crippen LogP contribution in [0.25, 0.3) is 0 Å². The van der Waals surface area contributed by atoms with Crippen LogP contribution in [-0.4, -0.2) is 94.0 Å². The number of nitrogens with one attached hydrogen (secondary N) is 2. The summed E-state index contributed by atoms with van der Waals surface area (Å²) in [6.45, 7) is 11.1. The van der Waals surface area contributed by atoms with Gasteiger partial charge in [-0.15, -0.1) is 11.3 Å². The van der Waals surface area contributed by atoms with Crippen molar-refractivity contribution in [3.8, 4) is 0 Å². The van der Waals surface area contributed by atoms with Gasteiger partial charge in [-0.3, -0.25) is 9.89 Å². The van der Waals surface area contributed by atoms with E-state index in [1.165, 1.54) is 4.88 Å². The molecule has 2 aliphatic heterocycles. The van der Waals surface area contributed by atoms with E-state index in [-0.39, 0.29) is 11.6 Å². The van der Waals surface area contributed by atoms with Crippen molar-refractivity contribution in [3.63, 3.8) is 0 Å². The van der Waals surface area contributed by atoms with Gasteiger partial charge in [0.1, 0.15) is 0 Å². The third-order valence-corrected chi connectivity index (χ3v) is 7.27. The standard InChI is InChI=1S/C22H39N5O2S/c1-5-23-21(25-17-22(26(3)4)8-11-28-12-9-22)24-15-19(20-7-6-14-30-20)27-10-13-29-18(2)16-27/h6-7,14,18-19H,5,8-13,15-17H2,1-4H3,(H2,23,24,25). The molecule has 0 saturated carbocycles. The molecule has 2 unspecified atom stereocenters. The average molecular weight is 438 g/mol. The van der Waals surface area contributed by atoms with E-state index in [1.807, 2.05) is 11.3 Å². The summed E-state index contributed by atoms with van der Waals surface area (Å²) in [5, 5.41) is 9.23. The van der Waals surface area contributed by atoms with E-state index in [1.54, 1.807) is 0 Å². The molecule has 2 saturated heterocycles. The fourth-order valence-electron chi connectivity index (χ4n) is 4.28. The molecule has 2 atom stereocenters. The highest BCUT2D eigenvalue weighted by Crippen LogP contribution is 2.27. The van der Waals surface area contributed by atoms with Gasteiger partial charge < -0.3 is 25.0 Å². The van der Waals surface area contributed by atoms with Crippen LogP contribution in [0.4, 0.5) is 0 Å². The number of likely N-dealkylation sites (N-methyl/N-ethyl adjacent to an activating group) is 1. The number of ether oxygens (including phenoxy) is 2. The van der Waals surface area contributed by atoms with E-state index >= 15 is 0 Å². The zero-order valence-corrected chi connectivity index (χ0v) is 19.8. The molecule has 7 nitrogen and oxygen atoms in total. The van der Waals surface area contributed by atoms with E-state index < -0.39 is 0 Å². The van der Waals surface area contributed by atoms with Gasteiger partial charge in [0, 0.05) is 49.8 Å². The topological polar surface area (TPSA) is 61.4 Å². The van der Waals surface area contributed by atoms with E-state index in [9.17, 15) is 0 Å². The smallest absolute Gasteiger partial charge is 0.191 e. The van der Waals surface area contributed by atoms with Crippen LogP contribution in [-0.2, 0) is 9.47 Å². The number of hydrogen-bond donors (Lipinski definition) is 2. The first kappa shape index (κ1) is 23.5. The number of morpholine rings is 1. The molecule has 0 amide bonds. The highest BCUT2D eigenvalue weighted by Gasteiger charge is 2.35. The molecule has 1 aromatic rings. The normalized spacial score (nSPS) is 24.0. The predicted molar refractivity (Wildman–Crippen MR) is 124 cm³/mol. The minimum absolute atomic E-state index is 0.0768. The number of aliphatic imine (C=N–C) groups is 1. The van der Waals surface area contributed by atoms with Crippen molar-refractivity contribution in [1.82, 2.24) is 20.4 Å². The molecule has 170 valence electrons. The van der Waals surface area contributed by atoms with E-state index in [0.29, 0.717) is 6.04 Å². The first-order valence-corrected chi connectivity index (χ1v) is 12.1. The van der Waals surface area contributed by atoms with Crippen molar-refractivity contribution in [1.29, 1.82) is 0 Å². The molecule has 3 rings (SSSR count). The summed E-state index contributed by atoms with van der Waals surface area (Å²) in [5.74, 6) is 0.896. The summed E-state index contributed by atoms with van der Waals surface area (Å²) in [6.07, 6.45) is 2.32. The van der Waals surface area contributed by atoms with Crippen LogP contribution < -0.4 is 10.6 Å². The number of nitrogens with zero attached hydrogens (tertiary/aromatic N) is 3. The van der Waals surface area contributed by atoms with Crippen LogP contribution >= 0.6 is 11.3 Å². The summed E-state index contributed by atoms with van der Waals surface area (Å²) >= 11 is 1.83. The maximum absolute atomic E-state index is 5.77. The maximum atomic E-state index is 5.77. The van der Waals surface area contributed by atoms with Crippen molar-refractivity contribution < 1.29 is 9.47 Å². The summed E-state index contributed by atoms with van der Waals surface area (Å²) in [6, 6.07) is 4.71. The lowest BCUT2D eigenvalue weighted by Crippen LogP contribution is -2.52. The largest absolute Gasteiger partial charge is 0.381 e. The molecular formula is C22H39N5O2S. The number of thiophene rings is 1. The van der Waals surface area contributed by atoms with E-state index in [4.69, 9.17) is 14.5 Å². The van der Waals surface area contributed by atoms with Gasteiger partial charge in [-0.2, -0.15) is 0 Å². The van der Waals surface area contributed by atoms with Gasteiger partial charge >= 0.3 is 0 Å². The Balaban J connectivity index is 1.68. The van der Waals surface area contributed by atoms with Gasteiger partial charge in [0.05, 0.1) is 25.3 Å². The fraction of sp³-hybridized carbons (Fsp3) is 0.773. The van der Waals surface area contributed by atoms with E-state index in [0.717, 1.165) is 71.3 Å². The lowest BCUT2D eigenvalue weighted by molar-refractivity contribution is -0.0334. The Kier molecular flexibility index (Phi) is 8.95. The van der Waals surface area contributed by atoms with Crippen LogP contribution in [0.2, 0.25) is 0 Å². The van der Waals surface area contributed by atoms with Crippen LogP contribution in [0, 0.1) is 0 Å². The second kappa shape index (κ2) is 11.4. The lowest BCUT2D eigenvalue weighted by atomic mass is 9.89. The molecule has 2 aliphatic rings. The molecule has 0 spiro atoms. The summed E-state index contributed by atoms with van der Waals surface area (Å²) in [5.41, 5.74) is 0.0768. The highest BCUT2D eigenvalue weighted by atomic mass is 32.1. The summed E-state index contributed by atoms with van der Waals surface area (Å²) < 4.78 is 11.4. The average Bonchev–Trinajstić information content (AvgIpc) is 3.27. The van der Waals surface area contributed by atoms with Crippen molar-refractivity contribution in [3.05, 3.63) is 22.4 Å². The Morgan fingerprint density at radius 1 is 1.33 bits per heavy atom. The Bertz CT molecular complexity index is 646.